The minimum atomic E-state index is -0.148. The Labute approximate surface area is 139 Å². The number of carbonyl (C=O) groups is 2. The molecule has 1 rings (SSSR count). The van der Waals surface area contributed by atoms with E-state index < -0.39 is 0 Å². The average molecular weight is 320 g/mol. The number of ketones is 1. The summed E-state index contributed by atoms with van der Waals surface area (Å²) in [5.74, 6) is 0.531. The summed E-state index contributed by atoms with van der Waals surface area (Å²) in [6.07, 6.45) is 0.478. The van der Waals surface area contributed by atoms with Crippen LogP contribution in [0.4, 0.5) is 0 Å². The Kier molecular flexibility index (Phi) is 7.23. The molecule has 5 nitrogen and oxygen atoms in total. The number of hydrogen-bond donors (Lipinski definition) is 1. The lowest BCUT2D eigenvalue weighted by molar-refractivity contribution is -0.123. The van der Waals surface area contributed by atoms with Crippen molar-refractivity contribution < 1.29 is 14.3 Å². The summed E-state index contributed by atoms with van der Waals surface area (Å²) < 4.78 is 5.45. The van der Waals surface area contributed by atoms with Crippen LogP contribution in [0.15, 0.2) is 24.3 Å². The molecule has 0 radical (unpaired) electrons. The van der Waals surface area contributed by atoms with Gasteiger partial charge in [-0.2, -0.15) is 0 Å². The van der Waals surface area contributed by atoms with Crippen molar-refractivity contribution in [3.63, 3.8) is 0 Å². The van der Waals surface area contributed by atoms with Crippen LogP contribution in [0.2, 0.25) is 0 Å². The van der Waals surface area contributed by atoms with E-state index in [9.17, 15) is 9.59 Å². The van der Waals surface area contributed by atoms with Gasteiger partial charge in [0.25, 0.3) is 5.91 Å². The van der Waals surface area contributed by atoms with Crippen LogP contribution in [0.1, 0.15) is 37.6 Å². The molecular formula is C18H28N2O3. The second-order valence-corrected chi connectivity index (χ2v) is 6.77. The molecule has 0 saturated heterocycles. The summed E-state index contributed by atoms with van der Waals surface area (Å²) in [7, 11) is 4.03. The zero-order valence-corrected chi connectivity index (χ0v) is 14.8. The molecule has 0 aliphatic carbocycles. The Bertz CT molecular complexity index is 522. The van der Waals surface area contributed by atoms with Gasteiger partial charge in [-0.1, -0.05) is 20.8 Å². The van der Waals surface area contributed by atoms with E-state index in [4.69, 9.17) is 4.74 Å². The normalized spacial score (nSPS) is 11.4. The SMILES string of the molecule is CCC(=O)c1ccc(OCC(=O)NCC(C)(C)CN(C)C)cc1. The van der Waals surface area contributed by atoms with Gasteiger partial charge in [0.2, 0.25) is 0 Å². The van der Waals surface area contributed by atoms with Gasteiger partial charge >= 0.3 is 0 Å². The molecule has 0 heterocycles. The average Bonchev–Trinajstić information content (AvgIpc) is 2.49. The second kappa shape index (κ2) is 8.67. The third-order valence-electron chi connectivity index (χ3n) is 3.38. The topological polar surface area (TPSA) is 58.6 Å². The minimum absolute atomic E-state index is 0.00131. The predicted octanol–water partition coefficient (Wildman–Crippen LogP) is 2.36. The molecule has 5 heteroatoms. The number of nitrogens with zero attached hydrogens (tertiary/aromatic N) is 1. The van der Waals surface area contributed by atoms with Gasteiger partial charge in [0.1, 0.15) is 5.75 Å². The monoisotopic (exact) mass is 320 g/mol. The number of nitrogens with one attached hydrogen (secondary N) is 1. The summed E-state index contributed by atoms with van der Waals surface area (Å²) >= 11 is 0. The molecule has 1 amide bonds. The molecule has 0 saturated carbocycles. The fourth-order valence-electron chi connectivity index (χ4n) is 2.39. The number of amides is 1. The largest absolute Gasteiger partial charge is 0.484 e. The van der Waals surface area contributed by atoms with E-state index in [-0.39, 0.29) is 23.7 Å². The van der Waals surface area contributed by atoms with Crippen LogP contribution in [0.25, 0.3) is 0 Å². The molecule has 0 atom stereocenters. The molecule has 0 aliphatic heterocycles. The summed E-state index contributed by atoms with van der Waals surface area (Å²) in [4.78, 5) is 25.5. The van der Waals surface area contributed by atoms with Crippen molar-refractivity contribution in [3.05, 3.63) is 29.8 Å². The fourth-order valence-corrected chi connectivity index (χ4v) is 2.39. The van der Waals surface area contributed by atoms with Gasteiger partial charge in [-0.15, -0.1) is 0 Å². The Morgan fingerprint density at radius 2 is 1.78 bits per heavy atom. The number of rotatable bonds is 9. The summed E-state index contributed by atoms with van der Waals surface area (Å²) in [6.45, 7) is 7.50. The zero-order chi connectivity index (χ0) is 17.5. The van der Waals surface area contributed by atoms with Crippen LogP contribution >= 0.6 is 0 Å². The van der Waals surface area contributed by atoms with Crippen LogP contribution in [0.3, 0.4) is 0 Å². The quantitative estimate of drug-likeness (QED) is 0.710. The van der Waals surface area contributed by atoms with E-state index in [0.717, 1.165) is 6.54 Å². The number of ether oxygens (including phenoxy) is 1. The van der Waals surface area contributed by atoms with Crippen molar-refractivity contribution in [2.45, 2.75) is 27.2 Å². The molecule has 23 heavy (non-hydrogen) atoms. The first-order valence-electron chi connectivity index (χ1n) is 7.91. The molecule has 128 valence electrons. The van der Waals surface area contributed by atoms with Crippen molar-refractivity contribution in [1.82, 2.24) is 10.2 Å². The Hall–Kier alpha value is -1.88. The summed E-state index contributed by atoms with van der Waals surface area (Å²) in [6, 6.07) is 6.87. The maximum absolute atomic E-state index is 11.9. The van der Waals surface area contributed by atoms with Crippen LogP contribution in [0.5, 0.6) is 5.75 Å². The summed E-state index contributed by atoms with van der Waals surface area (Å²) in [5, 5.41) is 2.89. The van der Waals surface area contributed by atoms with Gasteiger partial charge in [-0.3, -0.25) is 9.59 Å². The molecule has 0 aromatic heterocycles. The highest BCUT2D eigenvalue weighted by molar-refractivity contribution is 5.95. The van der Waals surface area contributed by atoms with Crippen LogP contribution in [-0.2, 0) is 4.79 Å². The molecule has 0 spiro atoms. The lowest BCUT2D eigenvalue weighted by atomic mass is 9.93. The second-order valence-electron chi connectivity index (χ2n) is 6.77. The first kappa shape index (κ1) is 19.2. The molecule has 0 unspecified atom stereocenters. The molecule has 0 aliphatic rings. The highest BCUT2D eigenvalue weighted by Gasteiger charge is 2.19. The van der Waals surface area contributed by atoms with E-state index in [1.807, 2.05) is 21.0 Å². The van der Waals surface area contributed by atoms with E-state index >= 15 is 0 Å². The molecule has 1 aromatic rings. The highest BCUT2D eigenvalue weighted by Crippen LogP contribution is 2.15. The van der Waals surface area contributed by atoms with Crippen molar-refractivity contribution in [3.8, 4) is 5.75 Å². The lowest BCUT2D eigenvalue weighted by Gasteiger charge is -2.28. The van der Waals surface area contributed by atoms with Gasteiger partial charge < -0.3 is 15.0 Å². The number of Topliss-reactive ketones (excluding diaryl/α,β-unsaturated/α-hetero) is 1. The number of carbonyl (C=O) groups excluding carboxylic acids is 2. The molecule has 0 bridgehead atoms. The third-order valence-corrected chi connectivity index (χ3v) is 3.38. The predicted molar refractivity (Wildman–Crippen MR) is 91.9 cm³/mol. The first-order valence-corrected chi connectivity index (χ1v) is 7.91. The first-order chi connectivity index (χ1) is 10.7. The van der Waals surface area contributed by atoms with E-state index in [1.165, 1.54) is 0 Å². The fraction of sp³-hybridized carbons (Fsp3) is 0.556. The van der Waals surface area contributed by atoms with Gasteiger partial charge in [-0.25, -0.2) is 0 Å². The van der Waals surface area contributed by atoms with Crippen LogP contribution in [-0.4, -0.2) is 50.4 Å². The number of benzene rings is 1. The van der Waals surface area contributed by atoms with Crippen molar-refractivity contribution in [2.75, 3.05) is 33.8 Å². The van der Waals surface area contributed by atoms with E-state index in [2.05, 4.69) is 24.1 Å². The lowest BCUT2D eigenvalue weighted by Crippen LogP contribution is -2.41. The van der Waals surface area contributed by atoms with Crippen molar-refractivity contribution >= 4 is 11.7 Å². The molecule has 0 fully saturated rings. The smallest absolute Gasteiger partial charge is 0.257 e. The zero-order valence-electron chi connectivity index (χ0n) is 14.8. The van der Waals surface area contributed by atoms with Gasteiger partial charge in [-0.05, 0) is 43.8 Å². The summed E-state index contributed by atoms with van der Waals surface area (Å²) in [5.41, 5.74) is 0.663. The molecule has 1 aromatic carbocycles. The Balaban J connectivity index is 2.40. The van der Waals surface area contributed by atoms with Gasteiger partial charge in [0.15, 0.2) is 12.4 Å². The van der Waals surface area contributed by atoms with Crippen LogP contribution in [0, 0.1) is 5.41 Å². The maximum atomic E-state index is 11.9. The molecular weight excluding hydrogens is 292 g/mol. The maximum Gasteiger partial charge on any atom is 0.257 e. The van der Waals surface area contributed by atoms with Crippen molar-refractivity contribution in [1.29, 1.82) is 0 Å². The minimum Gasteiger partial charge on any atom is -0.484 e. The van der Waals surface area contributed by atoms with E-state index in [0.29, 0.717) is 24.3 Å². The highest BCUT2D eigenvalue weighted by atomic mass is 16.5. The van der Waals surface area contributed by atoms with Crippen molar-refractivity contribution in [2.24, 2.45) is 5.41 Å². The number of hydrogen-bond acceptors (Lipinski definition) is 4. The Morgan fingerprint density at radius 3 is 2.30 bits per heavy atom. The van der Waals surface area contributed by atoms with Gasteiger partial charge in [0, 0.05) is 25.1 Å². The van der Waals surface area contributed by atoms with Crippen LogP contribution < -0.4 is 10.1 Å². The third kappa shape index (κ3) is 7.28. The standard InChI is InChI=1S/C18H28N2O3/c1-6-16(21)14-7-9-15(10-8-14)23-11-17(22)19-12-18(2,3)13-20(4)5/h7-10H,6,11-13H2,1-5H3,(H,19,22). The van der Waals surface area contributed by atoms with Gasteiger partial charge in [0.05, 0.1) is 0 Å². The Morgan fingerprint density at radius 1 is 1.17 bits per heavy atom. The van der Waals surface area contributed by atoms with E-state index in [1.54, 1.807) is 24.3 Å². The molecule has 1 N–H and O–H groups in total.